The van der Waals surface area contributed by atoms with Crippen molar-refractivity contribution in [3.8, 4) is 0 Å². The Balaban J connectivity index is 3.33. The third-order valence-corrected chi connectivity index (χ3v) is 1.94. The Morgan fingerprint density at radius 2 is 2.33 bits per heavy atom. The van der Waals surface area contributed by atoms with Gasteiger partial charge in [-0.2, -0.15) is 0 Å². The number of carboxylic acid groups (broad SMARTS) is 1. The quantitative estimate of drug-likeness (QED) is 0.626. The number of carbonyl (C=O) groups is 1. The predicted molar refractivity (Wildman–Crippen MR) is 48.0 cm³/mol. The van der Waals surface area contributed by atoms with E-state index in [1.54, 1.807) is 0 Å². The Labute approximate surface area is 84.3 Å². The molecule has 0 aromatic rings. The van der Waals surface area contributed by atoms with E-state index in [0.29, 0.717) is 0 Å². The number of carbonyl (C=O) groups excluding carboxylic acids is 1. The average molecular weight is 213 g/mol. The molecule has 1 rings (SSSR count). The highest BCUT2D eigenvalue weighted by molar-refractivity contribution is 5.94. The first-order valence-corrected chi connectivity index (χ1v) is 3.91. The summed E-state index contributed by atoms with van der Waals surface area (Å²) in [5.41, 5.74) is 4.00. The second-order valence-corrected chi connectivity index (χ2v) is 2.80. The van der Waals surface area contributed by atoms with Gasteiger partial charge in [-0.25, -0.2) is 14.0 Å². The molecule has 1 aliphatic rings. The summed E-state index contributed by atoms with van der Waals surface area (Å²) in [6, 6.07) is 0. The number of carboxylic acids is 1. The molecule has 0 aliphatic heterocycles. The largest absolute Gasteiger partial charge is 0.478 e. The summed E-state index contributed by atoms with van der Waals surface area (Å²) >= 11 is 0. The van der Waals surface area contributed by atoms with E-state index in [1.165, 1.54) is 13.1 Å². The van der Waals surface area contributed by atoms with Crippen molar-refractivity contribution < 1.29 is 23.8 Å². The van der Waals surface area contributed by atoms with Gasteiger partial charge < -0.3 is 15.6 Å². The third kappa shape index (κ3) is 1.81. The fourth-order valence-electron chi connectivity index (χ4n) is 1.21. The number of aliphatic carboxylic acids is 1. The van der Waals surface area contributed by atoms with Gasteiger partial charge in [-0.1, -0.05) is 0 Å². The molecule has 15 heavy (non-hydrogen) atoms. The second kappa shape index (κ2) is 4.08. The highest BCUT2D eigenvalue weighted by Crippen LogP contribution is 2.27. The molecular weight excluding hydrogens is 205 g/mol. The smallest absolute Gasteiger partial charge is 0.337 e. The Morgan fingerprint density at radius 3 is 2.73 bits per heavy atom. The first-order valence-electron chi connectivity index (χ1n) is 3.91. The van der Waals surface area contributed by atoms with Crippen LogP contribution in [0.3, 0.4) is 0 Å². The van der Waals surface area contributed by atoms with E-state index in [1.807, 2.05) is 0 Å². The van der Waals surface area contributed by atoms with E-state index in [2.05, 4.69) is 4.74 Å². The SMILES string of the molecule is COC1C(=C=O)C=C(C(=O)O)C(N)=C1F. The van der Waals surface area contributed by atoms with Crippen LogP contribution in [-0.2, 0) is 14.3 Å². The molecule has 80 valence electrons. The summed E-state index contributed by atoms with van der Waals surface area (Å²) < 4.78 is 18.1. The first-order chi connectivity index (χ1) is 7.02. The van der Waals surface area contributed by atoms with Crippen LogP contribution < -0.4 is 5.73 Å². The third-order valence-electron chi connectivity index (χ3n) is 1.94. The number of rotatable bonds is 2. The van der Waals surface area contributed by atoms with Crippen molar-refractivity contribution in [2.24, 2.45) is 5.73 Å². The van der Waals surface area contributed by atoms with Gasteiger partial charge in [0.25, 0.3) is 0 Å². The van der Waals surface area contributed by atoms with E-state index in [4.69, 9.17) is 10.8 Å². The zero-order chi connectivity index (χ0) is 11.6. The Hall–Kier alpha value is -1.91. The number of methoxy groups -OCH3 is 1. The summed E-state index contributed by atoms with van der Waals surface area (Å²) in [7, 11) is 1.18. The lowest BCUT2D eigenvalue weighted by atomic mass is 9.97. The van der Waals surface area contributed by atoms with Gasteiger partial charge >= 0.3 is 5.97 Å². The highest BCUT2D eigenvalue weighted by atomic mass is 19.1. The molecule has 0 saturated heterocycles. The molecule has 0 heterocycles. The molecule has 0 saturated carbocycles. The van der Waals surface area contributed by atoms with Crippen LogP contribution in [0.25, 0.3) is 0 Å². The Morgan fingerprint density at radius 1 is 1.73 bits per heavy atom. The van der Waals surface area contributed by atoms with E-state index >= 15 is 0 Å². The van der Waals surface area contributed by atoms with Gasteiger partial charge in [-0.3, -0.25) is 0 Å². The topological polar surface area (TPSA) is 89.6 Å². The van der Waals surface area contributed by atoms with Gasteiger partial charge in [-0.05, 0) is 6.08 Å². The normalized spacial score (nSPS) is 21.1. The molecule has 0 amide bonds. The maximum atomic E-state index is 13.4. The fraction of sp³-hybridized carbons (Fsp3) is 0.222. The van der Waals surface area contributed by atoms with Crippen LogP contribution in [0.2, 0.25) is 0 Å². The average Bonchev–Trinajstić information content (AvgIpc) is 2.21. The molecule has 0 bridgehead atoms. The van der Waals surface area contributed by atoms with E-state index in [9.17, 15) is 14.0 Å². The lowest BCUT2D eigenvalue weighted by Gasteiger charge is -2.19. The minimum absolute atomic E-state index is 0.235. The Bertz CT molecular complexity index is 418. The van der Waals surface area contributed by atoms with Gasteiger partial charge in [0.1, 0.15) is 12.0 Å². The van der Waals surface area contributed by atoms with Crippen molar-refractivity contribution in [3.05, 3.63) is 28.7 Å². The minimum atomic E-state index is -1.41. The van der Waals surface area contributed by atoms with Crippen molar-refractivity contribution in [1.29, 1.82) is 0 Å². The van der Waals surface area contributed by atoms with Crippen LogP contribution in [0.1, 0.15) is 0 Å². The van der Waals surface area contributed by atoms with Crippen LogP contribution >= 0.6 is 0 Å². The van der Waals surface area contributed by atoms with Crippen LogP contribution in [-0.4, -0.2) is 30.2 Å². The standard InChI is InChI=1S/C9H8FNO4/c1-15-8-4(3-12)2-5(9(13)14)7(11)6(8)10/h2,8H,11H2,1H3,(H,13,14). The van der Waals surface area contributed by atoms with Crippen LogP contribution in [0, 0.1) is 0 Å². The fourth-order valence-corrected chi connectivity index (χ4v) is 1.21. The zero-order valence-corrected chi connectivity index (χ0v) is 7.78. The summed E-state index contributed by atoms with van der Waals surface area (Å²) in [5, 5.41) is 8.67. The van der Waals surface area contributed by atoms with Gasteiger partial charge in [0, 0.05) is 7.11 Å². The number of hydrogen-bond acceptors (Lipinski definition) is 4. The molecule has 5 nitrogen and oxygen atoms in total. The van der Waals surface area contributed by atoms with Gasteiger partial charge in [0.2, 0.25) is 0 Å². The van der Waals surface area contributed by atoms with Gasteiger partial charge in [0.15, 0.2) is 5.83 Å². The van der Waals surface area contributed by atoms with Crippen molar-refractivity contribution in [1.82, 2.24) is 0 Å². The number of hydrogen-bond donors (Lipinski definition) is 2. The predicted octanol–water partition coefficient (Wildman–Crippen LogP) is -0.0762. The maximum Gasteiger partial charge on any atom is 0.337 e. The molecule has 6 heteroatoms. The lowest BCUT2D eigenvalue weighted by molar-refractivity contribution is -0.132. The van der Waals surface area contributed by atoms with Crippen molar-refractivity contribution >= 4 is 11.9 Å². The molecule has 0 spiro atoms. The molecule has 1 unspecified atom stereocenters. The molecule has 3 N–H and O–H groups in total. The van der Waals surface area contributed by atoms with Crippen molar-refractivity contribution in [2.75, 3.05) is 7.11 Å². The zero-order valence-electron chi connectivity index (χ0n) is 7.78. The summed E-state index contributed by atoms with van der Waals surface area (Å²) in [6.45, 7) is 0. The van der Waals surface area contributed by atoms with Gasteiger partial charge in [-0.15, -0.1) is 0 Å². The molecule has 1 atom stereocenters. The number of ether oxygens (including phenoxy) is 1. The maximum absolute atomic E-state index is 13.4. The molecule has 0 aromatic carbocycles. The molecule has 1 aliphatic carbocycles. The van der Waals surface area contributed by atoms with Crippen molar-refractivity contribution in [3.63, 3.8) is 0 Å². The second-order valence-electron chi connectivity index (χ2n) is 2.80. The monoisotopic (exact) mass is 213 g/mol. The van der Waals surface area contributed by atoms with E-state index < -0.39 is 29.2 Å². The highest BCUT2D eigenvalue weighted by Gasteiger charge is 2.30. The first kappa shape index (κ1) is 11.2. The lowest BCUT2D eigenvalue weighted by Crippen LogP contribution is -2.26. The van der Waals surface area contributed by atoms with Crippen LogP contribution in [0.15, 0.2) is 28.7 Å². The summed E-state index contributed by atoms with van der Waals surface area (Å²) in [5.74, 6) is -0.989. The van der Waals surface area contributed by atoms with Crippen molar-refractivity contribution in [2.45, 2.75) is 6.10 Å². The summed E-state index contributed by atoms with van der Waals surface area (Å²) in [4.78, 5) is 21.1. The molecular formula is C9H8FNO4. The van der Waals surface area contributed by atoms with E-state index in [0.717, 1.165) is 6.08 Å². The molecule has 0 aromatic heterocycles. The summed E-state index contributed by atoms with van der Waals surface area (Å²) in [6.07, 6.45) is -0.326. The minimum Gasteiger partial charge on any atom is -0.478 e. The molecule has 0 radical (unpaired) electrons. The molecule has 0 fully saturated rings. The van der Waals surface area contributed by atoms with E-state index in [-0.39, 0.29) is 5.57 Å². The van der Waals surface area contributed by atoms with Crippen LogP contribution in [0.5, 0.6) is 0 Å². The van der Waals surface area contributed by atoms with Crippen LogP contribution in [0.4, 0.5) is 4.39 Å². The number of nitrogens with two attached hydrogens (primary N) is 1. The Kier molecular flexibility index (Phi) is 3.04. The number of halogens is 1. The van der Waals surface area contributed by atoms with Gasteiger partial charge in [0.05, 0.1) is 16.8 Å².